The van der Waals surface area contributed by atoms with E-state index < -0.39 is 0 Å². The molecule has 4 nitrogen and oxygen atoms in total. The minimum Gasteiger partial charge on any atom is -0.404 e. The van der Waals surface area contributed by atoms with E-state index in [2.05, 4.69) is 182 Å². The number of hydrogen-bond acceptors (Lipinski definition) is 2. The first-order valence-electron chi connectivity index (χ1n) is 18.6. The quantitative estimate of drug-likeness (QED) is 0.176. The number of nitrogens with two attached hydrogens (primary N) is 1. The van der Waals surface area contributed by atoms with Gasteiger partial charge in [-0.1, -0.05) is 70.8 Å². The second-order valence-electron chi connectivity index (χ2n) is 14.8. The Morgan fingerprint density at radius 3 is 1.33 bits per heavy atom. The lowest BCUT2D eigenvalue weighted by molar-refractivity contribution is 1.18. The molecule has 3 heterocycles. The summed E-state index contributed by atoms with van der Waals surface area (Å²) in [6, 6.07) is 46.6. The molecule has 0 spiro atoms. The van der Waals surface area contributed by atoms with Crippen LogP contribution < -0.4 is 5.73 Å². The SMILES string of the molecule is C/C(=C\C(=C/N)c1ccc(-n2c3ccc(C)cc3c3cc(C)ccc32)cc1)c1cncc(-c2ccc(-n3c4ccc(C)cc4c4cc(C)ccc43)cc2)c1. The van der Waals surface area contributed by atoms with Crippen LogP contribution in [0.4, 0.5) is 0 Å². The molecule has 54 heavy (non-hydrogen) atoms. The molecule has 0 aliphatic rings. The summed E-state index contributed by atoms with van der Waals surface area (Å²) in [5.41, 5.74) is 24.8. The predicted molar refractivity (Wildman–Crippen MR) is 230 cm³/mol. The lowest BCUT2D eigenvalue weighted by Gasteiger charge is -2.11. The predicted octanol–water partition coefficient (Wildman–Crippen LogP) is 12.6. The van der Waals surface area contributed by atoms with Crippen molar-refractivity contribution in [3.05, 3.63) is 185 Å². The third-order valence-corrected chi connectivity index (χ3v) is 10.8. The van der Waals surface area contributed by atoms with E-state index in [1.54, 1.807) is 6.20 Å². The topological polar surface area (TPSA) is 48.8 Å². The van der Waals surface area contributed by atoms with Gasteiger partial charge in [-0.2, -0.15) is 0 Å². The molecule has 0 bridgehead atoms. The Hall–Kier alpha value is -6.65. The molecule has 0 unspecified atom stereocenters. The fourth-order valence-electron chi connectivity index (χ4n) is 8.02. The second kappa shape index (κ2) is 13.1. The average molecular weight is 699 g/mol. The zero-order valence-corrected chi connectivity index (χ0v) is 31.4. The smallest absolute Gasteiger partial charge is 0.0541 e. The van der Waals surface area contributed by atoms with Crippen LogP contribution in [0, 0.1) is 27.7 Å². The Morgan fingerprint density at radius 2 is 0.907 bits per heavy atom. The van der Waals surface area contributed by atoms with E-state index in [1.165, 1.54) is 65.9 Å². The summed E-state index contributed by atoms with van der Waals surface area (Å²) in [7, 11) is 0. The number of pyridine rings is 1. The molecule has 9 rings (SSSR count). The Labute approximate surface area is 316 Å². The van der Waals surface area contributed by atoms with Crippen molar-refractivity contribution < 1.29 is 0 Å². The summed E-state index contributed by atoms with van der Waals surface area (Å²) in [6.07, 6.45) is 7.70. The first kappa shape index (κ1) is 33.2. The molecule has 0 amide bonds. The van der Waals surface area contributed by atoms with Gasteiger partial charge in [0, 0.05) is 57.1 Å². The summed E-state index contributed by atoms with van der Waals surface area (Å²) in [6.45, 7) is 10.7. The summed E-state index contributed by atoms with van der Waals surface area (Å²) >= 11 is 0. The molecule has 0 atom stereocenters. The van der Waals surface area contributed by atoms with E-state index in [0.717, 1.165) is 44.8 Å². The van der Waals surface area contributed by atoms with Crippen LogP contribution in [-0.4, -0.2) is 14.1 Å². The molecule has 0 aliphatic heterocycles. The van der Waals surface area contributed by atoms with Gasteiger partial charge in [-0.05, 0) is 147 Å². The number of aromatic nitrogens is 3. The molecule has 0 aliphatic carbocycles. The number of nitrogens with zero attached hydrogens (tertiary/aromatic N) is 3. The third kappa shape index (κ3) is 5.68. The molecular weight excluding hydrogens is 657 g/mol. The zero-order chi connectivity index (χ0) is 37.1. The maximum absolute atomic E-state index is 6.27. The monoisotopic (exact) mass is 698 g/mol. The van der Waals surface area contributed by atoms with Crippen LogP contribution in [0.15, 0.2) is 152 Å². The fraction of sp³-hybridized carbons (Fsp3) is 0.100. The standard InChI is InChI=1S/C50H42N4/c1-31-6-18-47-43(22-31)44-23-32(2)7-19-48(44)53(47)41-14-10-36(11-15-41)38(28-51)26-35(5)39-27-40(30-52-29-39)37-12-16-42(17-13-37)54-49-20-8-33(3)24-45(49)46-25-34(4)9-21-50(46)54/h6-30H,51H2,1-5H3/b35-26+,38-28+. The van der Waals surface area contributed by atoms with Crippen LogP contribution in [-0.2, 0) is 0 Å². The number of hydrogen-bond donors (Lipinski definition) is 1. The van der Waals surface area contributed by atoms with Crippen molar-refractivity contribution in [1.82, 2.24) is 14.1 Å². The number of benzene rings is 6. The zero-order valence-electron chi connectivity index (χ0n) is 31.4. The van der Waals surface area contributed by atoms with Gasteiger partial charge in [0.1, 0.15) is 0 Å². The van der Waals surface area contributed by atoms with E-state index in [4.69, 9.17) is 5.73 Å². The van der Waals surface area contributed by atoms with Gasteiger partial charge in [0.2, 0.25) is 0 Å². The number of rotatable bonds is 6. The van der Waals surface area contributed by atoms with Crippen molar-refractivity contribution in [2.75, 3.05) is 0 Å². The first-order valence-corrected chi connectivity index (χ1v) is 18.6. The number of aryl methyl sites for hydroxylation is 4. The molecule has 0 radical (unpaired) electrons. The van der Waals surface area contributed by atoms with Gasteiger partial charge in [-0.3, -0.25) is 4.98 Å². The van der Waals surface area contributed by atoms with Crippen LogP contribution in [0.3, 0.4) is 0 Å². The number of allylic oxidation sites excluding steroid dienone is 3. The van der Waals surface area contributed by atoms with E-state index in [0.29, 0.717) is 0 Å². The summed E-state index contributed by atoms with van der Waals surface area (Å²) < 4.78 is 4.72. The number of fused-ring (bicyclic) bond motifs is 6. The van der Waals surface area contributed by atoms with Crippen molar-refractivity contribution in [2.24, 2.45) is 5.73 Å². The molecular formula is C50H42N4. The Bertz CT molecular complexity index is 2850. The summed E-state index contributed by atoms with van der Waals surface area (Å²) in [4.78, 5) is 4.66. The maximum Gasteiger partial charge on any atom is 0.0541 e. The second-order valence-corrected chi connectivity index (χ2v) is 14.8. The van der Waals surface area contributed by atoms with Crippen molar-refractivity contribution in [3.63, 3.8) is 0 Å². The normalized spacial score (nSPS) is 12.5. The highest BCUT2D eigenvalue weighted by molar-refractivity contribution is 6.10. The van der Waals surface area contributed by atoms with Gasteiger partial charge >= 0.3 is 0 Å². The molecule has 4 heteroatoms. The van der Waals surface area contributed by atoms with Crippen LogP contribution in [0.25, 0.3) is 77.3 Å². The first-order chi connectivity index (χ1) is 26.2. The Kier molecular flexibility index (Phi) is 8.05. The minimum atomic E-state index is 0.957. The van der Waals surface area contributed by atoms with Gasteiger partial charge in [0.15, 0.2) is 0 Å². The molecule has 2 N–H and O–H groups in total. The van der Waals surface area contributed by atoms with Crippen molar-refractivity contribution >= 4 is 54.8 Å². The Balaban J connectivity index is 1.00. The lowest BCUT2D eigenvalue weighted by Crippen LogP contribution is -1.95. The van der Waals surface area contributed by atoms with E-state index in [1.807, 2.05) is 12.4 Å². The molecule has 6 aromatic carbocycles. The van der Waals surface area contributed by atoms with Gasteiger partial charge in [-0.25, -0.2) is 0 Å². The van der Waals surface area contributed by atoms with Gasteiger partial charge < -0.3 is 14.9 Å². The molecule has 0 fully saturated rings. The van der Waals surface area contributed by atoms with Crippen molar-refractivity contribution in [3.8, 4) is 22.5 Å². The highest BCUT2D eigenvalue weighted by atomic mass is 15.0. The average Bonchev–Trinajstić information content (AvgIpc) is 3.68. The van der Waals surface area contributed by atoms with Crippen LogP contribution >= 0.6 is 0 Å². The summed E-state index contributed by atoms with van der Waals surface area (Å²) in [5.74, 6) is 0. The minimum absolute atomic E-state index is 0.957. The van der Waals surface area contributed by atoms with Crippen LogP contribution in [0.1, 0.15) is 40.3 Å². The third-order valence-electron chi connectivity index (χ3n) is 10.8. The van der Waals surface area contributed by atoms with Gasteiger partial charge in [0.05, 0.1) is 22.1 Å². The maximum atomic E-state index is 6.27. The Morgan fingerprint density at radius 1 is 0.481 bits per heavy atom. The van der Waals surface area contributed by atoms with E-state index in [-0.39, 0.29) is 0 Å². The van der Waals surface area contributed by atoms with Crippen LogP contribution in [0.2, 0.25) is 0 Å². The van der Waals surface area contributed by atoms with Crippen LogP contribution in [0.5, 0.6) is 0 Å². The lowest BCUT2D eigenvalue weighted by atomic mass is 9.99. The molecule has 0 saturated carbocycles. The van der Waals surface area contributed by atoms with Gasteiger partial charge in [0.25, 0.3) is 0 Å². The van der Waals surface area contributed by atoms with Crippen molar-refractivity contribution in [2.45, 2.75) is 34.6 Å². The fourth-order valence-corrected chi connectivity index (χ4v) is 8.02. The van der Waals surface area contributed by atoms with Crippen molar-refractivity contribution in [1.29, 1.82) is 0 Å². The molecule has 0 saturated heterocycles. The molecule has 9 aromatic rings. The molecule has 262 valence electrons. The highest BCUT2D eigenvalue weighted by Crippen LogP contribution is 2.36. The van der Waals surface area contributed by atoms with E-state index in [9.17, 15) is 0 Å². The van der Waals surface area contributed by atoms with Gasteiger partial charge in [-0.15, -0.1) is 0 Å². The van der Waals surface area contributed by atoms with E-state index >= 15 is 0 Å². The highest BCUT2D eigenvalue weighted by Gasteiger charge is 2.15. The largest absolute Gasteiger partial charge is 0.404 e. The molecule has 3 aromatic heterocycles. The summed E-state index contributed by atoms with van der Waals surface area (Å²) in [5, 5.41) is 5.12.